The van der Waals surface area contributed by atoms with E-state index in [2.05, 4.69) is 5.32 Å². The van der Waals surface area contributed by atoms with Gasteiger partial charge >= 0.3 is 0 Å². The number of rotatable bonds is 8. The van der Waals surface area contributed by atoms with Crippen LogP contribution in [0.4, 0.5) is 4.39 Å². The van der Waals surface area contributed by atoms with E-state index in [4.69, 9.17) is 0 Å². The van der Waals surface area contributed by atoms with Gasteiger partial charge in [-0.1, -0.05) is 72.3 Å². The van der Waals surface area contributed by atoms with Crippen LogP contribution in [0.2, 0.25) is 0 Å². The number of aryl methyl sites for hydroxylation is 2. The van der Waals surface area contributed by atoms with Crippen LogP contribution in [-0.4, -0.2) is 31.4 Å². The van der Waals surface area contributed by atoms with Crippen molar-refractivity contribution in [2.24, 2.45) is 0 Å². The van der Waals surface area contributed by atoms with Crippen LogP contribution in [0.25, 0.3) is 0 Å². The lowest BCUT2D eigenvalue weighted by atomic mass is 9.94. The average Bonchev–Trinajstić information content (AvgIpc) is 2.73. The zero-order chi connectivity index (χ0) is 23.3. The zero-order valence-corrected chi connectivity index (χ0v) is 19.2. The minimum Gasteiger partial charge on any atom is -0.344 e. The molecule has 0 heterocycles. The summed E-state index contributed by atoms with van der Waals surface area (Å²) in [6.45, 7) is 3.34. The molecule has 7 heteroatoms. The van der Waals surface area contributed by atoms with Crippen molar-refractivity contribution >= 4 is 15.9 Å². The fraction of sp³-hybridized carbons (Fsp3) is 0.240. The largest absolute Gasteiger partial charge is 0.344 e. The van der Waals surface area contributed by atoms with Crippen molar-refractivity contribution in [2.75, 3.05) is 12.8 Å². The number of benzene rings is 3. The molecule has 0 aliphatic carbocycles. The molecular weight excluding hydrogens is 427 g/mol. The van der Waals surface area contributed by atoms with Crippen LogP contribution in [0.3, 0.4) is 0 Å². The molecule has 3 aromatic rings. The first kappa shape index (κ1) is 23.6. The quantitative estimate of drug-likeness (QED) is 0.557. The van der Waals surface area contributed by atoms with Gasteiger partial charge in [-0.05, 0) is 36.6 Å². The lowest BCUT2D eigenvalue weighted by molar-refractivity contribution is -0.121. The van der Waals surface area contributed by atoms with Gasteiger partial charge in [0.25, 0.3) is 0 Å². The summed E-state index contributed by atoms with van der Waals surface area (Å²) in [5, 5.41) is 2.97. The Morgan fingerprint density at radius 3 is 2.28 bits per heavy atom. The minimum atomic E-state index is -3.75. The van der Waals surface area contributed by atoms with Crippen LogP contribution in [0.15, 0.2) is 72.8 Å². The van der Waals surface area contributed by atoms with Gasteiger partial charge in [-0.25, -0.2) is 12.8 Å². The van der Waals surface area contributed by atoms with Crippen molar-refractivity contribution in [2.45, 2.75) is 26.4 Å². The van der Waals surface area contributed by atoms with Crippen molar-refractivity contribution in [3.63, 3.8) is 0 Å². The molecule has 0 fully saturated rings. The number of halogens is 1. The highest BCUT2D eigenvalue weighted by atomic mass is 32.2. The van der Waals surface area contributed by atoms with Gasteiger partial charge in [0.05, 0.1) is 18.8 Å². The SMILES string of the molecule is Cc1ccc([C@H](NC(=O)CN(Cc2ccccc2F)S(C)(=O)=O)c2ccccc2)c(C)c1. The standard InChI is InChI=1S/C25H27FN2O3S/c1-18-13-14-22(19(2)15-18)25(20-9-5-4-6-10-20)27-24(29)17-28(32(3,30)31)16-21-11-7-8-12-23(21)26/h4-15,25H,16-17H2,1-3H3,(H,27,29)/t25-/m1/s1. The Morgan fingerprint density at radius 2 is 1.66 bits per heavy atom. The summed E-state index contributed by atoms with van der Waals surface area (Å²) in [6, 6.07) is 21.0. The van der Waals surface area contributed by atoms with Crippen LogP contribution in [0.5, 0.6) is 0 Å². The molecule has 0 radical (unpaired) electrons. The van der Waals surface area contributed by atoms with E-state index < -0.39 is 34.3 Å². The molecule has 1 atom stereocenters. The van der Waals surface area contributed by atoms with Crippen molar-refractivity contribution in [3.8, 4) is 0 Å². The van der Waals surface area contributed by atoms with Gasteiger partial charge in [-0.2, -0.15) is 4.31 Å². The topological polar surface area (TPSA) is 66.5 Å². The summed E-state index contributed by atoms with van der Waals surface area (Å²) in [4.78, 5) is 13.0. The van der Waals surface area contributed by atoms with E-state index in [1.54, 1.807) is 6.07 Å². The highest BCUT2D eigenvalue weighted by molar-refractivity contribution is 7.88. The average molecular weight is 455 g/mol. The molecule has 1 amide bonds. The van der Waals surface area contributed by atoms with Gasteiger partial charge in [-0.3, -0.25) is 4.79 Å². The first-order valence-electron chi connectivity index (χ1n) is 10.2. The molecule has 1 N–H and O–H groups in total. The van der Waals surface area contributed by atoms with E-state index in [0.717, 1.165) is 32.8 Å². The second-order valence-electron chi connectivity index (χ2n) is 7.89. The number of carbonyl (C=O) groups is 1. The Morgan fingerprint density at radius 1 is 1.00 bits per heavy atom. The Kier molecular flexibility index (Phi) is 7.43. The zero-order valence-electron chi connectivity index (χ0n) is 18.4. The predicted octanol–water partition coefficient (Wildman–Crippen LogP) is 4.11. The fourth-order valence-electron chi connectivity index (χ4n) is 3.61. The molecular formula is C25H27FN2O3S. The van der Waals surface area contributed by atoms with Crippen LogP contribution in [0.1, 0.15) is 33.9 Å². The minimum absolute atomic E-state index is 0.208. The van der Waals surface area contributed by atoms with Gasteiger partial charge in [0.1, 0.15) is 5.82 Å². The maximum absolute atomic E-state index is 14.1. The first-order valence-corrected chi connectivity index (χ1v) is 12.1. The molecule has 0 aliphatic heterocycles. The summed E-state index contributed by atoms with van der Waals surface area (Å²) in [5.41, 5.74) is 4.14. The summed E-state index contributed by atoms with van der Waals surface area (Å²) < 4.78 is 39.7. The molecule has 5 nitrogen and oxygen atoms in total. The molecule has 0 aromatic heterocycles. The third kappa shape index (κ3) is 6.02. The summed E-state index contributed by atoms with van der Waals surface area (Å²) in [5.74, 6) is -0.986. The van der Waals surface area contributed by atoms with Crippen molar-refractivity contribution in [1.82, 2.24) is 9.62 Å². The molecule has 32 heavy (non-hydrogen) atoms. The number of sulfonamides is 1. The lowest BCUT2D eigenvalue weighted by Gasteiger charge is -2.25. The molecule has 0 bridgehead atoms. The predicted molar refractivity (Wildman–Crippen MR) is 124 cm³/mol. The van der Waals surface area contributed by atoms with Gasteiger partial charge in [0.2, 0.25) is 15.9 Å². The maximum Gasteiger partial charge on any atom is 0.236 e. The Hall–Kier alpha value is -3.03. The second kappa shape index (κ2) is 10.1. The summed E-state index contributed by atoms with van der Waals surface area (Å²) in [7, 11) is -3.75. The van der Waals surface area contributed by atoms with Crippen LogP contribution >= 0.6 is 0 Å². The fourth-order valence-corrected chi connectivity index (χ4v) is 4.33. The first-order chi connectivity index (χ1) is 15.1. The van der Waals surface area contributed by atoms with Crippen molar-refractivity contribution in [3.05, 3.63) is 106 Å². The number of hydrogen-bond acceptors (Lipinski definition) is 3. The number of nitrogens with one attached hydrogen (secondary N) is 1. The van der Waals surface area contributed by atoms with Crippen LogP contribution < -0.4 is 5.32 Å². The Bertz CT molecular complexity index is 1200. The summed E-state index contributed by atoms with van der Waals surface area (Å²) >= 11 is 0. The van der Waals surface area contributed by atoms with Crippen molar-refractivity contribution < 1.29 is 17.6 Å². The highest BCUT2D eigenvalue weighted by Crippen LogP contribution is 2.26. The number of amides is 1. The number of hydrogen-bond donors (Lipinski definition) is 1. The Balaban J connectivity index is 1.87. The third-order valence-electron chi connectivity index (χ3n) is 5.27. The highest BCUT2D eigenvalue weighted by Gasteiger charge is 2.25. The van der Waals surface area contributed by atoms with E-state index >= 15 is 0 Å². The molecule has 3 aromatic carbocycles. The molecule has 0 saturated carbocycles. The molecule has 0 saturated heterocycles. The molecule has 0 spiro atoms. The monoisotopic (exact) mass is 454 g/mol. The van der Waals surface area contributed by atoms with Gasteiger partial charge in [-0.15, -0.1) is 0 Å². The Labute approximate surface area is 188 Å². The van der Waals surface area contributed by atoms with Gasteiger partial charge < -0.3 is 5.32 Å². The molecule has 168 valence electrons. The second-order valence-corrected chi connectivity index (χ2v) is 9.88. The van der Waals surface area contributed by atoms with Crippen LogP contribution in [0, 0.1) is 19.7 Å². The molecule has 0 aliphatic rings. The van der Waals surface area contributed by atoms with E-state index in [-0.39, 0.29) is 12.1 Å². The third-order valence-corrected chi connectivity index (χ3v) is 6.46. The number of nitrogens with zero attached hydrogens (tertiary/aromatic N) is 1. The van der Waals surface area contributed by atoms with Crippen LogP contribution in [-0.2, 0) is 21.4 Å². The molecule has 3 rings (SSSR count). The molecule has 0 unspecified atom stereocenters. The van der Waals surface area contributed by atoms with Crippen molar-refractivity contribution in [1.29, 1.82) is 0 Å². The lowest BCUT2D eigenvalue weighted by Crippen LogP contribution is -2.41. The van der Waals surface area contributed by atoms with Gasteiger partial charge in [0.15, 0.2) is 0 Å². The van der Waals surface area contributed by atoms with Gasteiger partial charge in [0, 0.05) is 12.1 Å². The summed E-state index contributed by atoms with van der Waals surface area (Å²) in [6.07, 6.45) is 1.01. The van der Waals surface area contributed by atoms with E-state index in [0.29, 0.717) is 0 Å². The van der Waals surface area contributed by atoms with E-state index in [1.807, 2.05) is 62.4 Å². The normalized spacial score (nSPS) is 12.5. The smallest absolute Gasteiger partial charge is 0.236 e. The van der Waals surface area contributed by atoms with E-state index in [1.165, 1.54) is 18.2 Å². The number of carbonyl (C=O) groups excluding carboxylic acids is 1. The maximum atomic E-state index is 14.1. The van der Waals surface area contributed by atoms with E-state index in [9.17, 15) is 17.6 Å².